The molecule has 0 aromatic heterocycles. The minimum Gasteiger partial charge on any atom is -0.491 e. The molecule has 1 N–H and O–H groups in total. The molecule has 0 saturated carbocycles. The summed E-state index contributed by atoms with van der Waals surface area (Å²) in [5.74, 6) is 0.931. The second kappa shape index (κ2) is 8.18. The Labute approximate surface area is 117 Å². The van der Waals surface area contributed by atoms with E-state index >= 15 is 0 Å². The first kappa shape index (κ1) is 16.0. The zero-order valence-corrected chi connectivity index (χ0v) is 12.8. The molecular formula is C16H27NO2. The van der Waals surface area contributed by atoms with Gasteiger partial charge in [-0.05, 0) is 51.4 Å². The molecule has 1 rings (SSSR count). The van der Waals surface area contributed by atoms with Gasteiger partial charge in [-0.1, -0.05) is 19.1 Å². The van der Waals surface area contributed by atoms with E-state index in [1.54, 1.807) is 7.11 Å². The second-order valence-corrected chi connectivity index (χ2v) is 5.13. The highest BCUT2D eigenvalue weighted by atomic mass is 16.5. The molecule has 0 aliphatic carbocycles. The number of hydrogen-bond acceptors (Lipinski definition) is 3. The van der Waals surface area contributed by atoms with Crippen molar-refractivity contribution in [2.75, 3.05) is 13.7 Å². The summed E-state index contributed by atoms with van der Waals surface area (Å²) in [7, 11) is 1.76. The standard InChI is InChI=1S/C16H27NO2/c1-6-17-16(10-13(4)18-5)14-8-7-9-15(11-14)19-12(2)3/h7-9,11-13,16-17H,6,10H2,1-5H3. The zero-order chi connectivity index (χ0) is 14.3. The molecule has 2 unspecified atom stereocenters. The third-order valence-electron chi connectivity index (χ3n) is 3.05. The molecule has 1 aromatic carbocycles. The van der Waals surface area contributed by atoms with E-state index in [9.17, 15) is 0 Å². The Kier molecular flexibility index (Phi) is 6.89. The van der Waals surface area contributed by atoms with Gasteiger partial charge >= 0.3 is 0 Å². The van der Waals surface area contributed by atoms with E-state index in [1.165, 1.54) is 5.56 Å². The Hall–Kier alpha value is -1.06. The van der Waals surface area contributed by atoms with Crippen molar-refractivity contribution in [3.8, 4) is 5.75 Å². The molecule has 3 nitrogen and oxygen atoms in total. The summed E-state index contributed by atoms with van der Waals surface area (Å²) < 4.78 is 11.1. The van der Waals surface area contributed by atoms with Crippen molar-refractivity contribution < 1.29 is 9.47 Å². The highest BCUT2D eigenvalue weighted by Crippen LogP contribution is 2.24. The highest BCUT2D eigenvalue weighted by molar-refractivity contribution is 5.30. The van der Waals surface area contributed by atoms with Crippen molar-refractivity contribution in [2.45, 2.75) is 52.4 Å². The van der Waals surface area contributed by atoms with Gasteiger partial charge in [0.05, 0.1) is 12.2 Å². The van der Waals surface area contributed by atoms with Gasteiger partial charge in [0, 0.05) is 13.2 Å². The van der Waals surface area contributed by atoms with E-state index in [-0.39, 0.29) is 12.2 Å². The van der Waals surface area contributed by atoms with Crippen LogP contribution in [0.1, 0.15) is 45.7 Å². The minimum atomic E-state index is 0.200. The van der Waals surface area contributed by atoms with Gasteiger partial charge in [0.15, 0.2) is 0 Å². The van der Waals surface area contributed by atoms with E-state index in [2.05, 4.69) is 37.4 Å². The van der Waals surface area contributed by atoms with Crippen molar-refractivity contribution in [3.63, 3.8) is 0 Å². The van der Waals surface area contributed by atoms with Gasteiger partial charge in [-0.15, -0.1) is 0 Å². The second-order valence-electron chi connectivity index (χ2n) is 5.13. The number of hydrogen-bond donors (Lipinski definition) is 1. The average molecular weight is 265 g/mol. The van der Waals surface area contributed by atoms with Crippen LogP contribution < -0.4 is 10.1 Å². The van der Waals surface area contributed by atoms with E-state index in [1.807, 2.05) is 19.9 Å². The molecule has 108 valence electrons. The molecule has 0 bridgehead atoms. The summed E-state index contributed by atoms with van der Waals surface area (Å²) in [6, 6.07) is 8.62. The number of ether oxygens (including phenoxy) is 2. The largest absolute Gasteiger partial charge is 0.491 e. The quantitative estimate of drug-likeness (QED) is 0.779. The molecule has 0 aliphatic heterocycles. The monoisotopic (exact) mass is 265 g/mol. The lowest BCUT2D eigenvalue weighted by Crippen LogP contribution is -2.25. The molecule has 0 aliphatic rings. The predicted octanol–water partition coefficient (Wildman–Crippen LogP) is 3.55. The number of methoxy groups -OCH3 is 1. The first-order valence-corrected chi connectivity index (χ1v) is 7.09. The number of rotatable bonds is 8. The van der Waals surface area contributed by atoms with Gasteiger partial charge in [0.25, 0.3) is 0 Å². The van der Waals surface area contributed by atoms with Crippen LogP contribution in [0.15, 0.2) is 24.3 Å². The van der Waals surface area contributed by atoms with Gasteiger partial charge in [-0.25, -0.2) is 0 Å². The molecule has 0 saturated heterocycles. The van der Waals surface area contributed by atoms with Crippen LogP contribution in [0.3, 0.4) is 0 Å². The lowest BCUT2D eigenvalue weighted by molar-refractivity contribution is 0.100. The van der Waals surface area contributed by atoms with Crippen molar-refractivity contribution in [2.24, 2.45) is 0 Å². The van der Waals surface area contributed by atoms with Crippen molar-refractivity contribution in [1.29, 1.82) is 0 Å². The summed E-state index contributed by atoms with van der Waals surface area (Å²) in [5, 5.41) is 3.51. The molecule has 0 radical (unpaired) electrons. The molecule has 3 heteroatoms. The summed E-state index contributed by atoms with van der Waals surface area (Å²) in [6.45, 7) is 9.25. The first-order chi connectivity index (χ1) is 9.06. The topological polar surface area (TPSA) is 30.5 Å². The summed E-state index contributed by atoms with van der Waals surface area (Å²) in [6.07, 6.45) is 1.39. The maximum Gasteiger partial charge on any atom is 0.120 e. The fraction of sp³-hybridized carbons (Fsp3) is 0.625. The van der Waals surface area contributed by atoms with Gasteiger partial charge in [0.1, 0.15) is 5.75 Å². The van der Waals surface area contributed by atoms with Crippen LogP contribution in [-0.2, 0) is 4.74 Å². The van der Waals surface area contributed by atoms with Crippen LogP contribution in [0.5, 0.6) is 5.75 Å². The summed E-state index contributed by atoms with van der Waals surface area (Å²) in [5.41, 5.74) is 1.25. The van der Waals surface area contributed by atoms with Gasteiger partial charge in [-0.3, -0.25) is 0 Å². The third-order valence-corrected chi connectivity index (χ3v) is 3.05. The van der Waals surface area contributed by atoms with Crippen LogP contribution in [-0.4, -0.2) is 25.9 Å². The Morgan fingerprint density at radius 2 is 1.95 bits per heavy atom. The lowest BCUT2D eigenvalue weighted by atomic mass is 10.0. The molecule has 0 spiro atoms. The van der Waals surface area contributed by atoms with E-state index in [0.29, 0.717) is 6.04 Å². The van der Waals surface area contributed by atoms with Crippen LogP contribution in [0.2, 0.25) is 0 Å². The Morgan fingerprint density at radius 1 is 1.21 bits per heavy atom. The van der Waals surface area contributed by atoms with Crippen LogP contribution in [0.25, 0.3) is 0 Å². The van der Waals surface area contributed by atoms with Crippen LogP contribution >= 0.6 is 0 Å². The molecule has 19 heavy (non-hydrogen) atoms. The molecule has 1 aromatic rings. The summed E-state index contributed by atoms with van der Waals surface area (Å²) in [4.78, 5) is 0. The van der Waals surface area contributed by atoms with E-state index in [4.69, 9.17) is 9.47 Å². The summed E-state index contributed by atoms with van der Waals surface area (Å²) >= 11 is 0. The van der Waals surface area contributed by atoms with E-state index < -0.39 is 0 Å². The number of benzene rings is 1. The fourth-order valence-electron chi connectivity index (χ4n) is 2.09. The van der Waals surface area contributed by atoms with Crippen LogP contribution in [0, 0.1) is 0 Å². The molecule has 0 fully saturated rings. The maximum atomic E-state index is 5.76. The predicted molar refractivity (Wildman–Crippen MR) is 79.7 cm³/mol. The fourth-order valence-corrected chi connectivity index (χ4v) is 2.09. The first-order valence-electron chi connectivity index (χ1n) is 7.09. The van der Waals surface area contributed by atoms with Crippen molar-refractivity contribution in [3.05, 3.63) is 29.8 Å². The van der Waals surface area contributed by atoms with Gasteiger partial charge < -0.3 is 14.8 Å². The highest BCUT2D eigenvalue weighted by Gasteiger charge is 2.14. The normalized spacial score (nSPS) is 14.4. The maximum absolute atomic E-state index is 5.76. The van der Waals surface area contributed by atoms with Gasteiger partial charge in [-0.2, -0.15) is 0 Å². The lowest BCUT2D eigenvalue weighted by Gasteiger charge is -2.22. The SMILES string of the molecule is CCNC(CC(C)OC)c1cccc(OC(C)C)c1. The van der Waals surface area contributed by atoms with Gasteiger partial charge in [0.2, 0.25) is 0 Å². The van der Waals surface area contributed by atoms with Crippen molar-refractivity contribution >= 4 is 0 Å². The van der Waals surface area contributed by atoms with Crippen molar-refractivity contribution in [1.82, 2.24) is 5.32 Å². The minimum absolute atomic E-state index is 0.200. The Bertz CT molecular complexity index is 366. The molecule has 0 amide bonds. The number of nitrogens with one attached hydrogen (secondary N) is 1. The Balaban J connectivity index is 2.82. The third kappa shape index (κ3) is 5.62. The van der Waals surface area contributed by atoms with Crippen LogP contribution in [0.4, 0.5) is 0 Å². The van der Waals surface area contributed by atoms with E-state index in [0.717, 1.165) is 18.7 Å². The molecule has 0 heterocycles. The molecular weight excluding hydrogens is 238 g/mol. The zero-order valence-electron chi connectivity index (χ0n) is 12.8. The average Bonchev–Trinajstić information content (AvgIpc) is 2.37. The Morgan fingerprint density at radius 3 is 2.53 bits per heavy atom. The smallest absolute Gasteiger partial charge is 0.120 e. The molecule has 2 atom stereocenters.